The Morgan fingerprint density at radius 1 is 1.20 bits per heavy atom. The molecule has 0 radical (unpaired) electrons. The van der Waals surface area contributed by atoms with Crippen LogP contribution in [0.3, 0.4) is 0 Å². The lowest BCUT2D eigenvalue weighted by atomic mass is 10.3. The number of hydrogen-bond acceptors (Lipinski definition) is 3. The first-order valence-corrected chi connectivity index (χ1v) is 6.69. The van der Waals surface area contributed by atoms with E-state index in [-0.39, 0.29) is 30.0 Å². The van der Waals surface area contributed by atoms with E-state index < -0.39 is 5.82 Å². The number of amides is 2. The summed E-state index contributed by atoms with van der Waals surface area (Å²) < 4.78 is 13.3. The van der Waals surface area contributed by atoms with E-state index in [4.69, 9.17) is 0 Å². The van der Waals surface area contributed by atoms with Gasteiger partial charge in [0.25, 0.3) is 0 Å². The number of anilines is 1. The van der Waals surface area contributed by atoms with E-state index in [0.29, 0.717) is 13.1 Å². The highest BCUT2D eigenvalue weighted by atomic mass is 19.1. The SMILES string of the molecule is O=C(CNCCNC(=O)C1CC1)Nc1ccccc1F. The van der Waals surface area contributed by atoms with Crippen LogP contribution in [0, 0.1) is 11.7 Å². The molecular formula is C14H18FN3O2. The third-order valence-electron chi connectivity index (χ3n) is 2.98. The van der Waals surface area contributed by atoms with Crippen molar-refractivity contribution in [2.45, 2.75) is 12.8 Å². The first-order chi connectivity index (χ1) is 9.66. The first kappa shape index (κ1) is 14.5. The molecule has 2 amide bonds. The van der Waals surface area contributed by atoms with Gasteiger partial charge in [0.15, 0.2) is 0 Å². The number of hydrogen-bond donors (Lipinski definition) is 3. The molecule has 1 aliphatic carbocycles. The van der Waals surface area contributed by atoms with E-state index in [9.17, 15) is 14.0 Å². The number of benzene rings is 1. The minimum Gasteiger partial charge on any atom is -0.355 e. The molecule has 0 aliphatic heterocycles. The van der Waals surface area contributed by atoms with Gasteiger partial charge in [0.2, 0.25) is 11.8 Å². The normalized spacial score (nSPS) is 13.8. The fourth-order valence-electron chi connectivity index (χ4n) is 1.72. The number of rotatable bonds is 7. The summed E-state index contributed by atoms with van der Waals surface area (Å²) in [6.45, 7) is 1.07. The average Bonchev–Trinajstić information content (AvgIpc) is 3.25. The fourth-order valence-corrected chi connectivity index (χ4v) is 1.72. The van der Waals surface area contributed by atoms with Crippen LogP contribution in [-0.2, 0) is 9.59 Å². The number of nitrogens with one attached hydrogen (secondary N) is 3. The van der Waals surface area contributed by atoms with Crippen molar-refractivity contribution >= 4 is 17.5 Å². The zero-order valence-corrected chi connectivity index (χ0v) is 11.1. The van der Waals surface area contributed by atoms with Crippen molar-refractivity contribution in [3.05, 3.63) is 30.1 Å². The maximum Gasteiger partial charge on any atom is 0.238 e. The third kappa shape index (κ3) is 4.62. The van der Waals surface area contributed by atoms with Crippen molar-refractivity contribution in [3.8, 4) is 0 Å². The first-order valence-electron chi connectivity index (χ1n) is 6.69. The lowest BCUT2D eigenvalue weighted by Gasteiger charge is -2.08. The average molecular weight is 279 g/mol. The summed E-state index contributed by atoms with van der Waals surface area (Å²) in [6, 6.07) is 6.00. The number of para-hydroxylation sites is 1. The smallest absolute Gasteiger partial charge is 0.238 e. The standard InChI is InChI=1S/C14H18FN3O2/c15-11-3-1-2-4-12(11)18-13(19)9-16-7-8-17-14(20)10-5-6-10/h1-4,10,16H,5-9H2,(H,17,20)(H,18,19). The molecule has 0 bridgehead atoms. The molecule has 0 saturated heterocycles. The lowest BCUT2D eigenvalue weighted by Crippen LogP contribution is -2.36. The molecule has 1 aromatic rings. The van der Waals surface area contributed by atoms with E-state index in [1.807, 2.05) is 0 Å². The molecule has 3 N–H and O–H groups in total. The van der Waals surface area contributed by atoms with Crippen LogP contribution in [0.15, 0.2) is 24.3 Å². The molecule has 20 heavy (non-hydrogen) atoms. The van der Waals surface area contributed by atoms with Crippen LogP contribution >= 0.6 is 0 Å². The van der Waals surface area contributed by atoms with Crippen LogP contribution in [0.5, 0.6) is 0 Å². The Labute approximate surface area is 116 Å². The van der Waals surface area contributed by atoms with Crippen LogP contribution in [-0.4, -0.2) is 31.4 Å². The molecule has 1 fully saturated rings. The summed E-state index contributed by atoms with van der Waals surface area (Å²) in [4.78, 5) is 22.9. The minimum absolute atomic E-state index is 0.0770. The summed E-state index contributed by atoms with van der Waals surface area (Å²) in [5, 5.41) is 8.15. The predicted octanol–water partition coefficient (Wildman–Crippen LogP) is 0.880. The van der Waals surface area contributed by atoms with Crippen LogP contribution in [0.1, 0.15) is 12.8 Å². The van der Waals surface area contributed by atoms with E-state index in [1.165, 1.54) is 12.1 Å². The molecule has 0 unspecified atom stereocenters. The maximum atomic E-state index is 13.3. The summed E-state index contributed by atoms with van der Waals surface area (Å²) in [5.41, 5.74) is 0.168. The van der Waals surface area contributed by atoms with Gasteiger partial charge in [0.1, 0.15) is 5.82 Å². The minimum atomic E-state index is -0.461. The van der Waals surface area contributed by atoms with E-state index in [0.717, 1.165) is 12.8 Å². The van der Waals surface area contributed by atoms with Crippen molar-refractivity contribution < 1.29 is 14.0 Å². The number of halogens is 1. The maximum absolute atomic E-state index is 13.3. The van der Waals surface area contributed by atoms with Crippen molar-refractivity contribution in [2.24, 2.45) is 5.92 Å². The molecule has 0 atom stereocenters. The highest BCUT2D eigenvalue weighted by Crippen LogP contribution is 2.28. The zero-order valence-electron chi connectivity index (χ0n) is 11.1. The van der Waals surface area contributed by atoms with E-state index in [2.05, 4.69) is 16.0 Å². The second-order valence-electron chi connectivity index (χ2n) is 4.77. The third-order valence-corrected chi connectivity index (χ3v) is 2.98. The number of carbonyl (C=O) groups excluding carboxylic acids is 2. The Balaban J connectivity index is 1.58. The van der Waals surface area contributed by atoms with Gasteiger partial charge in [-0.15, -0.1) is 0 Å². The van der Waals surface area contributed by atoms with Crippen LogP contribution < -0.4 is 16.0 Å². The van der Waals surface area contributed by atoms with Gasteiger partial charge < -0.3 is 16.0 Å². The second-order valence-corrected chi connectivity index (χ2v) is 4.77. The Kier molecular flexibility index (Phi) is 5.06. The molecule has 0 aromatic heterocycles. The van der Waals surface area contributed by atoms with Gasteiger partial charge in [-0.25, -0.2) is 4.39 Å². The van der Waals surface area contributed by atoms with Crippen LogP contribution in [0.4, 0.5) is 10.1 Å². The summed E-state index contributed by atoms with van der Waals surface area (Å²) >= 11 is 0. The van der Waals surface area contributed by atoms with Gasteiger partial charge in [0.05, 0.1) is 12.2 Å². The Hall–Kier alpha value is -1.95. The van der Waals surface area contributed by atoms with Crippen molar-refractivity contribution in [1.29, 1.82) is 0 Å². The molecule has 1 saturated carbocycles. The molecule has 108 valence electrons. The van der Waals surface area contributed by atoms with Crippen molar-refractivity contribution in [3.63, 3.8) is 0 Å². The molecule has 5 nitrogen and oxygen atoms in total. The van der Waals surface area contributed by atoms with Crippen LogP contribution in [0.25, 0.3) is 0 Å². The Bertz CT molecular complexity index is 489. The highest BCUT2D eigenvalue weighted by molar-refractivity contribution is 5.92. The topological polar surface area (TPSA) is 70.2 Å². The monoisotopic (exact) mass is 279 g/mol. The Morgan fingerprint density at radius 3 is 2.65 bits per heavy atom. The quantitative estimate of drug-likeness (QED) is 0.649. The molecule has 2 rings (SSSR count). The van der Waals surface area contributed by atoms with Crippen LogP contribution in [0.2, 0.25) is 0 Å². The van der Waals surface area contributed by atoms with Crippen molar-refractivity contribution in [2.75, 3.05) is 25.0 Å². The molecule has 0 heterocycles. The van der Waals surface area contributed by atoms with Gasteiger partial charge in [-0.3, -0.25) is 9.59 Å². The molecule has 1 aliphatic rings. The van der Waals surface area contributed by atoms with Gasteiger partial charge in [-0.05, 0) is 25.0 Å². The van der Waals surface area contributed by atoms with Crippen molar-refractivity contribution in [1.82, 2.24) is 10.6 Å². The predicted molar refractivity (Wildman–Crippen MR) is 73.6 cm³/mol. The van der Waals surface area contributed by atoms with Gasteiger partial charge in [-0.2, -0.15) is 0 Å². The zero-order chi connectivity index (χ0) is 14.4. The van der Waals surface area contributed by atoms with Gasteiger partial charge >= 0.3 is 0 Å². The van der Waals surface area contributed by atoms with E-state index in [1.54, 1.807) is 12.1 Å². The van der Waals surface area contributed by atoms with E-state index >= 15 is 0 Å². The van der Waals surface area contributed by atoms with Gasteiger partial charge in [-0.1, -0.05) is 12.1 Å². The number of carbonyl (C=O) groups is 2. The second kappa shape index (κ2) is 7.00. The molecular weight excluding hydrogens is 261 g/mol. The summed E-state index contributed by atoms with van der Waals surface area (Å²) in [7, 11) is 0. The summed E-state index contributed by atoms with van der Waals surface area (Å²) in [6.07, 6.45) is 1.95. The summed E-state index contributed by atoms with van der Waals surface area (Å²) in [5.74, 6) is -0.497. The lowest BCUT2D eigenvalue weighted by molar-refractivity contribution is -0.122. The Morgan fingerprint density at radius 2 is 1.95 bits per heavy atom. The van der Waals surface area contributed by atoms with Gasteiger partial charge in [0, 0.05) is 19.0 Å². The highest BCUT2D eigenvalue weighted by Gasteiger charge is 2.28. The largest absolute Gasteiger partial charge is 0.355 e. The fraction of sp³-hybridized carbons (Fsp3) is 0.429. The molecule has 1 aromatic carbocycles. The molecule has 0 spiro atoms. The molecule has 6 heteroatoms.